The summed E-state index contributed by atoms with van der Waals surface area (Å²) in [7, 11) is 0. The van der Waals surface area contributed by atoms with Gasteiger partial charge in [0.25, 0.3) is 0 Å². The van der Waals surface area contributed by atoms with Crippen LogP contribution in [-0.4, -0.2) is 28.5 Å². The molecule has 64 valence electrons. The molecule has 0 fully saturated rings. The van der Waals surface area contributed by atoms with Crippen LogP contribution in [0.1, 0.15) is 13.3 Å². The molecule has 1 unspecified atom stereocenters. The van der Waals surface area contributed by atoms with Crippen molar-refractivity contribution in [2.24, 2.45) is 0 Å². The topological polar surface area (TPSA) is 63.6 Å². The van der Waals surface area contributed by atoms with Crippen molar-refractivity contribution in [3.63, 3.8) is 0 Å². The number of carboxylic acid groups (broad SMARTS) is 1. The second-order valence-corrected chi connectivity index (χ2v) is 2.92. The summed E-state index contributed by atoms with van der Waals surface area (Å²) in [5.41, 5.74) is 0. The first-order valence-electron chi connectivity index (χ1n) is 3.10. The van der Waals surface area contributed by atoms with Crippen LogP contribution in [0.5, 0.6) is 0 Å². The van der Waals surface area contributed by atoms with Crippen molar-refractivity contribution in [2.45, 2.75) is 18.2 Å². The number of aliphatic carboxylic acids is 1. The van der Waals surface area contributed by atoms with E-state index in [2.05, 4.69) is 20.7 Å². The second kappa shape index (κ2) is 5.12. The lowest BCUT2D eigenvalue weighted by Crippen LogP contribution is -2.20. The summed E-state index contributed by atoms with van der Waals surface area (Å²) < 4.78 is 4.56. The van der Waals surface area contributed by atoms with E-state index in [1.165, 1.54) is 0 Å². The Bertz CT molecular complexity index is 157. The van der Waals surface area contributed by atoms with Gasteiger partial charge in [-0.25, -0.2) is 0 Å². The maximum absolute atomic E-state index is 10.7. The normalized spacial score (nSPS) is 12.2. The lowest BCUT2D eigenvalue weighted by atomic mass is 10.3. The van der Waals surface area contributed by atoms with E-state index in [1.54, 1.807) is 6.92 Å². The van der Waals surface area contributed by atoms with E-state index in [1.807, 2.05) is 0 Å². The average molecular weight is 225 g/mol. The van der Waals surface area contributed by atoms with E-state index in [-0.39, 0.29) is 13.0 Å². The molecule has 0 heterocycles. The van der Waals surface area contributed by atoms with Crippen LogP contribution in [0.15, 0.2) is 0 Å². The highest BCUT2D eigenvalue weighted by atomic mass is 79.9. The summed E-state index contributed by atoms with van der Waals surface area (Å²) in [6.07, 6.45) is -0.251. The number of ether oxygens (including phenoxy) is 1. The monoisotopic (exact) mass is 224 g/mol. The van der Waals surface area contributed by atoms with Crippen LogP contribution in [0.25, 0.3) is 0 Å². The van der Waals surface area contributed by atoms with Crippen molar-refractivity contribution >= 4 is 27.9 Å². The van der Waals surface area contributed by atoms with E-state index in [0.29, 0.717) is 0 Å². The maximum Gasteiger partial charge on any atom is 0.320 e. The van der Waals surface area contributed by atoms with Crippen LogP contribution in [0.4, 0.5) is 0 Å². The molecule has 0 saturated heterocycles. The van der Waals surface area contributed by atoms with Gasteiger partial charge >= 0.3 is 11.9 Å². The Morgan fingerprint density at radius 1 is 1.64 bits per heavy atom. The molecule has 0 amide bonds. The number of halogens is 1. The first-order chi connectivity index (χ1) is 5.07. The fraction of sp³-hybridized carbons (Fsp3) is 0.667. The fourth-order valence-electron chi connectivity index (χ4n) is 0.469. The lowest BCUT2D eigenvalue weighted by Gasteiger charge is -2.04. The number of alkyl halides is 1. The van der Waals surface area contributed by atoms with E-state index < -0.39 is 16.8 Å². The summed E-state index contributed by atoms with van der Waals surface area (Å²) in [6, 6.07) is 0. The Morgan fingerprint density at radius 3 is 2.55 bits per heavy atom. The molecule has 0 radical (unpaired) electrons. The molecule has 0 aliphatic rings. The van der Waals surface area contributed by atoms with Gasteiger partial charge in [0.1, 0.15) is 4.83 Å². The minimum atomic E-state index is -1.03. The largest absolute Gasteiger partial charge is 0.481 e. The fourth-order valence-corrected chi connectivity index (χ4v) is 0.878. The van der Waals surface area contributed by atoms with Crippen LogP contribution in [-0.2, 0) is 14.3 Å². The van der Waals surface area contributed by atoms with Crippen LogP contribution in [0.2, 0.25) is 0 Å². The summed E-state index contributed by atoms with van der Waals surface area (Å²) in [6.45, 7) is 1.93. The Hall–Kier alpha value is -0.580. The summed E-state index contributed by atoms with van der Waals surface area (Å²) >= 11 is 2.89. The van der Waals surface area contributed by atoms with Crippen molar-refractivity contribution in [1.82, 2.24) is 0 Å². The highest BCUT2D eigenvalue weighted by Gasteiger charge is 2.18. The molecular formula is C6H9BrO4. The van der Waals surface area contributed by atoms with Gasteiger partial charge in [0, 0.05) is 0 Å². The smallest absolute Gasteiger partial charge is 0.320 e. The van der Waals surface area contributed by atoms with E-state index in [0.717, 1.165) is 0 Å². The van der Waals surface area contributed by atoms with Gasteiger partial charge in [-0.15, -0.1) is 0 Å². The molecule has 0 aliphatic heterocycles. The Balaban J connectivity index is 3.73. The molecule has 11 heavy (non-hydrogen) atoms. The predicted molar refractivity (Wildman–Crippen MR) is 41.6 cm³/mol. The average Bonchev–Trinajstić information content (AvgIpc) is 1.86. The first kappa shape index (κ1) is 10.4. The van der Waals surface area contributed by atoms with Gasteiger partial charge in [0.2, 0.25) is 0 Å². The standard InChI is InChI=1S/C6H9BrO4/c1-2-11-6(10)4(7)3-5(8)9/h4H,2-3H2,1H3,(H,8,9). The summed E-state index contributed by atoms with van der Waals surface area (Å²) in [4.78, 5) is 20.1. The highest BCUT2D eigenvalue weighted by Crippen LogP contribution is 2.06. The number of carbonyl (C=O) groups excluding carboxylic acids is 1. The third-order valence-electron chi connectivity index (χ3n) is 0.896. The highest BCUT2D eigenvalue weighted by molar-refractivity contribution is 9.10. The van der Waals surface area contributed by atoms with E-state index >= 15 is 0 Å². The third kappa shape index (κ3) is 4.78. The van der Waals surface area contributed by atoms with Gasteiger partial charge < -0.3 is 9.84 Å². The molecule has 4 nitrogen and oxygen atoms in total. The minimum absolute atomic E-state index is 0.251. The van der Waals surface area contributed by atoms with Crippen LogP contribution in [0.3, 0.4) is 0 Å². The molecule has 1 N–H and O–H groups in total. The van der Waals surface area contributed by atoms with Crippen molar-refractivity contribution in [2.75, 3.05) is 6.61 Å². The molecular weight excluding hydrogens is 216 g/mol. The first-order valence-corrected chi connectivity index (χ1v) is 4.02. The van der Waals surface area contributed by atoms with Crippen LogP contribution < -0.4 is 0 Å². The predicted octanol–water partition coefficient (Wildman–Crippen LogP) is 0.788. The molecule has 0 saturated carbocycles. The van der Waals surface area contributed by atoms with Crippen molar-refractivity contribution < 1.29 is 19.4 Å². The Labute approximate surface area is 72.7 Å². The zero-order chi connectivity index (χ0) is 8.85. The summed E-state index contributed by atoms with van der Waals surface area (Å²) in [5.74, 6) is -1.56. The number of hydrogen-bond donors (Lipinski definition) is 1. The molecule has 0 aromatic carbocycles. The van der Waals surface area contributed by atoms with Crippen molar-refractivity contribution in [3.05, 3.63) is 0 Å². The zero-order valence-electron chi connectivity index (χ0n) is 6.04. The number of esters is 1. The van der Waals surface area contributed by atoms with Crippen molar-refractivity contribution in [1.29, 1.82) is 0 Å². The number of rotatable bonds is 4. The van der Waals surface area contributed by atoms with Crippen molar-refractivity contribution in [3.8, 4) is 0 Å². The molecule has 0 aliphatic carbocycles. The van der Waals surface area contributed by atoms with Gasteiger partial charge in [-0.3, -0.25) is 9.59 Å². The van der Waals surface area contributed by atoms with Crippen LogP contribution >= 0.6 is 15.9 Å². The quantitative estimate of drug-likeness (QED) is 0.567. The number of hydrogen-bond acceptors (Lipinski definition) is 3. The molecule has 0 aromatic heterocycles. The second-order valence-electron chi connectivity index (χ2n) is 1.82. The number of carbonyl (C=O) groups is 2. The molecule has 0 rings (SSSR count). The van der Waals surface area contributed by atoms with Crippen LogP contribution in [0, 0.1) is 0 Å². The van der Waals surface area contributed by atoms with Gasteiger partial charge in [0.15, 0.2) is 0 Å². The van der Waals surface area contributed by atoms with E-state index in [4.69, 9.17) is 5.11 Å². The number of carboxylic acids is 1. The zero-order valence-corrected chi connectivity index (χ0v) is 7.63. The molecule has 0 spiro atoms. The molecule has 0 bridgehead atoms. The Morgan fingerprint density at radius 2 is 2.18 bits per heavy atom. The SMILES string of the molecule is CCOC(=O)C(Br)CC(=O)O. The lowest BCUT2D eigenvalue weighted by molar-refractivity contribution is -0.146. The third-order valence-corrected chi connectivity index (χ3v) is 1.59. The van der Waals surface area contributed by atoms with Gasteiger partial charge in [0.05, 0.1) is 13.0 Å². The van der Waals surface area contributed by atoms with E-state index in [9.17, 15) is 9.59 Å². The summed E-state index contributed by atoms with van der Waals surface area (Å²) in [5, 5.41) is 8.26. The van der Waals surface area contributed by atoms with Gasteiger partial charge in [-0.2, -0.15) is 0 Å². The molecule has 5 heteroatoms. The minimum Gasteiger partial charge on any atom is -0.481 e. The van der Waals surface area contributed by atoms with Gasteiger partial charge in [-0.1, -0.05) is 15.9 Å². The molecule has 0 aromatic rings. The van der Waals surface area contributed by atoms with Gasteiger partial charge in [-0.05, 0) is 6.92 Å². The molecule has 1 atom stereocenters. The maximum atomic E-state index is 10.7. The Kier molecular flexibility index (Phi) is 4.85.